The molecule has 25 heavy (non-hydrogen) atoms. The SMILES string of the molecule is Cc1cc(C(=O)CN2CCN(C(=O)c3ccccc3Cl)CC2)c(C)[nH]1. The van der Waals surface area contributed by atoms with Gasteiger partial charge in [-0.2, -0.15) is 0 Å². The molecule has 1 saturated heterocycles. The van der Waals surface area contributed by atoms with Crippen LogP contribution in [0, 0.1) is 13.8 Å². The zero-order chi connectivity index (χ0) is 18.0. The first-order valence-corrected chi connectivity index (χ1v) is 8.79. The third-order valence-electron chi connectivity index (χ3n) is 4.58. The van der Waals surface area contributed by atoms with Crippen LogP contribution in [-0.2, 0) is 0 Å². The number of carbonyl (C=O) groups is 2. The van der Waals surface area contributed by atoms with Crippen LogP contribution in [0.2, 0.25) is 5.02 Å². The number of rotatable bonds is 4. The van der Waals surface area contributed by atoms with E-state index in [4.69, 9.17) is 11.6 Å². The molecule has 0 bridgehead atoms. The van der Waals surface area contributed by atoms with Crippen molar-refractivity contribution in [3.05, 3.63) is 57.9 Å². The zero-order valence-electron chi connectivity index (χ0n) is 14.5. The molecule has 5 nitrogen and oxygen atoms in total. The number of H-pyrrole nitrogens is 1. The van der Waals surface area contributed by atoms with E-state index >= 15 is 0 Å². The van der Waals surface area contributed by atoms with Gasteiger partial charge in [-0.15, -0.1) is 0 Å². The molecule has 0 aliphatic carbocycles. The fraction of sp³-hybridized carbons (Fsp3) is 0.368. The predicted octanol–water partition coefficient (Wildman–Crippen LogP) is 2.93. The normalized spacial score (nSPS) is 15.4. The van der Waals surface area contributed by atoms with Gasteiger partial charge in [-0.1, -0.05) is 23.7 Å². The first-order chi connectivity index (χ1) is 12.0. The fourth-order valence-corrected chi connectivity index (χ4v) is 3.43. The van der Waals surface area contributed by atoms with Gasteiger partial charge in [0.05, 0.1) is 17.1 Å². The Morgan fingerprint density at radius 3 is 2.36 bits per heavy atom. The highest BCUT2D eigenvalue weighted by Crippen LogP contribution is 2.18. The quantitative estimate of drug-likeness (QED) is 0.854. The number of benzene rings is 1. The smallest absolute Gasteiger partial charge is 0.255 e. The lowest BCUT2D eigenvalue weighted by Crippen LogP contribution is -2.50. The molecule has 1 aromatic carbocycles. The average molecular weight is 360 g/mol. The molecule has 0 radical (unpaired) electrons. The molecule has 0 spiro atoms. The van der Waals surface area contributed by atoms with Crippen LogP contribution in [0.25, 0.3) is 0 Å². The molecule has 1 aliphatic rings. The van der Waals surface area contributed by atoms with Crippen molar-refractivity contribution in [3.63, 3.8) is 0 Å². The van der Waals surface area contributed by atoms with Gasteiger partial charge in [0.2, 0.25) is 0 Å². The van der Waals surface area contributed by atoms with E-state index < -0.39 is 0 Å². The summed E-state index contributed by atoms with van der Waals surface area (Å²) in [6, 6.07) is 9.00. The maximum atomic E-state index is 12.6. The summed E-state index contributed by atoms with van der Waals surface area (Å²) in [5.41, 5.74) is 3.20. The van der Waals surface area contributed by atoms with Crippen LogP contribution in [0.3, 0.4) is 0 Å². The Hall–Kier alpha value is -2.11. The minimum atomic E-state index is -0.0475. The summed E-state index contributed by atoms with van der Waals surface area (Å²) >= 11 is 6.11. The van der Waals surface area contributed by atoms with E-state index in [9.17, 15) is 9.59 Å². The number of ketones is 1. The van der Waals surface area contributed by atoms with E-state index in [2.05, 4.69) is 9.88 Å². The number of Topliss-reactive ketones (excluding diaryl/α,β-unsaturated/α-hetero) is 1. The molecule has 1 aromatic heterocycles. The molecule has 0 unspecified atom stereocenters. The van der Waals surface area contributed by atoms with Gasteiger partial charge in [0.1, 0.15) is 0 Å². The van der Waals surface area contributed by atoms with Crippen molar-refractivity contribution < 1.29 is 9.59 Å². The van der Waals surface area contributed by atoms with Crippen LogP contribution >= 0.6 is 11.6 Å². The predicted molar refractivity (Wildman–Crippen MR) is 98.4 cm³/mol. The van der Waals surface area contributed by atoms with Gasteiger partial charge in [0.15, 0.2) is 5.78 Å². The Labute approximate surface area is 152 Å². The molecule has 2 aromatic rings. The minimum absolute atomic E-state index is 0.0475. The maximum absolute atomic E-state index is 12.6. The number of aromatic amines is 1. The second-order valence-corrected chi connectivity index (χ2v) is 6.87. The third-order valence-corrected chi connectivity index (χ3v) is 4.91. The lowest BCUT2D eigenvalue weighted by atomic mass is 10.1. The van der Waals surface area contributed by atoms with Crippen molar-refractivity contribution in [2.45, 2.75) is 13.8 Å². The summed E-state index contributed by atoms with van der Waals surface area (Å²) in [4.78, 5) is 32.1. The van der Waals surface area contributed by atoms with Crippen molar-refractivity contribution in [3.8, 4) is 0 Å². The third kappa shape index (κ3) is 3.94. The van der Waals surface area contributed by atoms with Crippen LogP contribution in [0.5, 0.6) is 0 Å². The molecule has 0 saturated carbocycles. The second kappa shape index (κ2) is 7.42. The number of nitrogens with zero attached hydrogens (tertiary/aromatic N) is 2. The van der Waals surface area contributed by atoms with Gasteiger partial charge in [0, 0.05) is 43.1 Å². The monoisotopic (exact) mass is 359 g/mol. The van der Waals surface area contributed by atoms with E-state index in [0.29, 0.717) is 43.3 Å². The Balaban J connectivity index is 1.57. The van der Waals surface area contributed by atoms with Crippen molar-refractivity contribution >= 4 is 23.3 Å². The molecule has 3 rings (SSSR count). The second-order valence-electron chi connectivity index (χ2n) is 6.46. The number of halogens is 1. The summed E-state index contributed by atoms with van der Waals surface area (Å²) in [6.45, 7) is 6.81. The Morgan fingerprint density at radius 2 is 1.76 bits per heavy atom. The topological polar surface area (TPSA) is 56.4 Å². The lowest BCUT2D eigenvalue weighted by Gasteiger charge is -2.34. The number of carbonyl (C=O) groups excluding carboxylic acids is 2. The number of aromatic nitrogens is 1. The van der Waals surface area contributed by atoms with Crippen molar-refractivity contribution in [2.24, 2.45) is 0 Å². The van der Waals surface area contributed by atoms with Crippen molar-refractivity contribution in [2.75, 3.05) is 32.7 Å². The van der Waals surface area contributed by atoms with Crippen LogP contribution in [0.15, 0.2) is 30.3 Å². The van der Waals surface area contributed by atoms with Gasteiger partial charge in [-0.05, 0) is 32.0 Å². The number of nitrogens with one attached hydrogen (secondary N) is 1. The van der Waals surface area contributed by atoms with Crippen LogP contribution in [0.1, 0.15) is 32.1 Å². The molecule has 1 N–H and O–H groups in total. The maximum Gasteiger partial charge on any atom is 0.255 e. The highest BCUT2D eigenvalue weighted by atomic mass is 35.5. The molecular formula is C19H22ClN3O2. The van der Waals surface area contributed by atoms with Crippen LogP contribution in [-0.4, -0.2) is 59.2 Å². The first-order valence-electron chi connectivity index (χ1n) is 8.41. The van der Waals surface area contributed by atoms with E-state index in [-0.39, 0.29) is 11.7 Å². The molecule has 2 heterocycles. The molecule has 6 heteroatoms. The van der Waals surface area contributed by atoms with E-state index in [1.807, 2.05) is 32.0 Å². The number of hydrogen-bond acceptors (Lipinski definition) is 3. The molecular weight excluding hydrogens is 338 g/mol. The zero-order valence-corrected chi connectivity index (χ0v) is 15.3. The molecule has 1 fully saturated rings. The molecule has 1 amide bonds. The highest BCUT2D eigenvalue weighted by molar-refractivity contribution is 6.33. The van der Waals surface area contributed by atoms with Crippen LogP contribution in [0.4, 0.5) is 0 Å². The highest BCUT2D eigenvalue weighted by Gasteiger charge is 2.25. The summed E-state index contributed by atoms with van der Waals surface area (Å²) < 4.78 is 0. The van der Waals surface area contributed by atoms with Crippen molar-refractivity contribution in [1.29, 1.82) is 0 Å². The van der Waals surface area contributed by atoms with E-state index in [0.717, 1.165) is 17.0 Å². The Bertz CT molecular complexity index is 792. The number of hydrogen-bond donors (Lipinski definition) is 1. The summed E-state index contributed by atoms with van der Waals surface area (Å²) in [7, 11) is 0. The van der Waals surface area contributed by atoms with Gasteiger partial charge in [-0.3, -0.25) is 14.5 Å². The number of aryl methyl sites for hydroxylation is 2. The largest absolute Gasteiger partial charge is 0.362 e. The molecule has 132 valence electrons. The summed E-state index contributed by atoms with van der Waals surface area (Å²) in [5, 5.41) is 0.475. The Morgan fingerprint density at radius 1 is 1.08 bits per heavy atom. The number of amides is 1. The lowest BCUT2D eigenvalue weighted by molar-refractivity contribution is 0.0624. The molecule has 1 aliphatic heterocycles. The van der Waals surface area contributed by atoms with Gasteiger partial charge in [0.25, 0.3) is 5.91 Å². The summed E-state index contributed by atoms with van der Waals surface area (Å²) in [6.07, 6.45) is 0. The van der Waals surface area contributed by atoms with E-state index in [1.54, 1.807) is 17.0 Å². The van der Waals surface area contributed by atoms with E-state index in [1.165, 1.54) is 0 Å². The van der Waals surface area contributed by atoms with Crippen LogP contribution < -0.4 is 0 Å². The first kappa shape index (κ1) is 17.7. The van der Waals surface area contributed by atoms with Gasteiger partial charge < -0.3 is 9.88 Å². The Kier molecular flexibility index (Phi) is 5.25. The van der Waals surface area contributed by atoms with Crippen molar-refractivity contribution in [1.82, 2.24) is 14.8 Å². The average Bonchev–Trinajstić information content (AvgIpc) is 2.94. The molecule has 0 atom stereocenters. The standard InChI is InChI=1S/C19H22ClN3O2/c1-13-11-16(14(2)21-13)18(24)12-22-7-9-23(10-8-22)19(25)15-5-3-4-6-17(15)20/h3-6,11,21H,7-10,12H2,1-2H3. The van der Waals surface area contributed by atoms with Gasteiger partial charge >= 0.3 is 0 Å². The van der Waals surface area contributed by atoms with Gasteiger partial charge in [-0.25, -0.2) is 0 Å². The minimum Gasteiger partial charge on any atom is -0.362 e. The number of piperazine rings is 1. The summed E-state index contributed by atoms with van der Waals surface area (Å²) in [5.74, 6) is 0.0708. The fourth-order valence-electron chi connectivity index (χ4n) is 3.22.